The number of aromatic nitrogens is 2. The predicted octanol–water partition coefficient (Wildman–Crippen LogP) is 0.808. The molecule has 0 spiro atoms. The summed E-state index contributed by atoms with van der Waals surface area (Å²) in [5.74, 6) is -0.0285. The molecule has 0 bridgehead atoms. The van der Waals surface area contributed by atoms with E-state index in [-0.39, 0.29) is 23.8 Å². The number of rotatable bonds is 6. The highest BCUT2D eigenvalue weighted by molar-refractivity contribution is 7.99. The molecule has 2 atom stereocenters. The fourth-order valence-corrected chi connectivity index (χ4v) is 2.69. The highest BCUT2D eigenvalue weighted by atomic mass is 32.2. The third-order valence-electron chi connectivity index (χ3n) is 3.43. The van der Waals surface area contributed by atoms with E-state index < -0.39 is 0 Å². The number of thioether (sulfide) groups is 1. The Bertz CT molecular complexity index is 441. The van der Waals surface area contributed by atoms with Crippen molar-refractivity contribution in [2.45, 2.75) is 38.5 Å². The van der Waals surface area contributed by atoms with Gasteiger partial charge in [-0.2, -0.15) is 16.9 Å². The number of aryl methyl sites for hydroxylation is 2. The molecule has 0 radical (unpaired) electrons. The molecule has 1 rings (SSSR count). The molecule has 1 aromatic rings. The van der Waals surface area contributed by atoms with Crippen LogP contribution in [0.15, 0.2) is 0 Å². The maximum absolute atomic E-state index is 12.0. The summed E-state index contributed by atoms with van der Waals surface area (Å²) >= 11 is 1.56. The maximum Gasteiger partial charge on any atom is 0.224 e. The number of carbonyl (C=O) groups excluding carboxylic acids is 1. The Morgan fingerprint density at radius 2 is 2.16 bits per heavy atom. The average Bonchev–Trinajstić information content (AvgIpc) is 2.57. The summed E-state index contributed by atoms with van der Waals surface area (Å²) < 4.78 is 1.79. The van der Waals surface area contributed by atoms with Crippen molar-refractivity contribution in [2.24, 2.45) is 7.05 Å². The van der Waals surface area contributed by atoms with E-state index in [4.69, 9.17) is 0 Å². The summed E-state index contributed by atoms with van der Waals surface area (Å²) in [5.41, 5.74) is 2.90. The van der Waals surface area contributed by atoms with E-state index in [1.165, 1.54) is 0 Å². The molecule has 0 aliphatic rings. The zero-order chi connectivity index (χ0) is 14.6. The second-order valence-corrected chi connectivity index (χ2v) is 5.84. The molecule has 0 aliphatic heterocycles. The van der Waals surface area contributed by atoms with Gasteiger partial charge < -0.3 is 10.4 Å². The van der Waals surface area contributed by atoms with Crippen LogP contribution in [0.3, 0.4) is 0 Å². The van der Waals surface area contributed by atoms with Gasteiger partial charge in [0.2, 0.25) is 5.91 Å². The van der Waals surface area contributed by atoms with E-state index in [2.05, 4.69) is 10.4 Å². The van der Waals surface area contributed by atoms with Gasteiger partial charge in [0.05, 0.1) is 18.7 Å². The van der Waals surface area contributed by atoms with Gasteiger partial charge in [0.25, 0.3) is 0 Å². The van der Waals surface area contributed by atoms with Crippen LogP contribution in [-0.2, 0) is 18.3 Å². The first kappa shape index (κ1) is 16.0. The first-order chi connectivity index (χ1) is 8.90. The number of nitrogens with one attached hydrogen (secondary N) is 1. The van der Waals surface area contributed by atoms with E-state index in [0.29, 0.717) is 6.42 Å². The summed E-state index contributed by atoms with van der Waals surface area (Å²) in [5, 5.41) is 16.5. The quantitative estimate of drug-likeness (QED) is 0.811. The molecule has 108 valence electrons. The van der Waals surface area contributed by atoms with Crippen LogP contribution in [-0.4, -0.2) is 44.9 Å². The number of aliphatic hydroxyl groups is 1. The minimum absolute atomic E-state index is 0.0278. The van der Waals surface area contributed by atoms with Crippen molar-refractivity contribution < 1.29 is 9.90 Å². The summed E-state index contributed by atoms with van der Waals surface area (Å²) in [6.45, 7) is 5.85. The number of hydrogen-bond donors (Lipinski definition) is 2. The van der Waals surface area contributed by atoms with E-state index in [1.54, 1.807) is 16.4 Å². The van der Waals surface area contributed by atoms with Gasteiger partial charge >= 0.3 is 0 Å². The van der Waals surface area contributed by atoms with Crippen LogP contribution in [0.2, 0.25) is 0 Å². The SMILES string of the molecule is CSC(CO)C(C)NC(=O)Cc1c(C)nn(C)c1C. The van der Waals surface area contributed by atoms with Crippen LogP contribution in [0.1, 0.15) is 23.9 Å². The van der Waals surface area contributed by atoms with Crippen LogP contribution >= 0.6 is 11.8 Å². The number of carbonyl (C=O) groups is 1. The lowest BCUT2D eigenvalue weighted by Gasteiger charge is -2.21. The molecule has 0 fully saturated rings. The zero-order valence-electron chi connectivity index (χ0n) is 12.2. The van der Waals surface area contributed by atoms with Gasteiger partial charge in [0.1, 0.15) is 0 Å². The first-order valence-corrected chi connectivity index (χ1v) is 7.61. The van der Waals surface area contributed by atoms with Crippen LogP contribution in [0.25, 0.3) is 0 Å². The van der Waals surface area contributed by atoms with Crippen molar-refractivity contribution >= 4 is 17.7 Å². The smallest absolute Gasteiger partial charge is 0.224 e. The Labute approximate surface area is 118 Å². The number of nitrogens with zero attached hydrogens (tertiary/aromatic N) is 2. The van der Waals surface area contributed by atoms with Gasteiger partial charge in [-0.3, -0.25) is 9.48 Å². The molecular weight excluding hydrogens is 262 g/mol. The summed E-state index contributed by atoms with van der Waals surface area (Å²) in [7, 11) is 1.88. The molecular formula is C13H23N3O2S. The minimum atomic E-state index is -0.0511. The Balaban J connectivity index is 2.65. The van der Waals surface area contributed by atoms with E-state index in [1.807, 2.05) is 34.1 Å². The zero-order valence-corrected chi connectivity index (χ0v) is 13.0. The molecule has 0 saturated carbocycles. The van der Waals surface area contributed by atoms with Crippen molar-refractivity contribution in [3.8, 4) is 0 Å². The Morgan fingerprint density at radius 3 is 2.58 bits per heavy atom. The van der Waals surface area contributed by atoms with Crippen molar-refractivity contribution in [3.63, 3.8) is 0 Å². The Hall–Kier alpha value is -1.01. The number of hydrogen-bond acceptors (Lipinski definition) is 4. The summed E-state index contributed by atoms with van der Waals surface area (Å²) in [6.07, 6.45) is 2.27. The van der Waals surface area contributed by atoms with Gasteiger partial charge in [-0.05, 0) is 27.0 Å². The number of amides is 1. The van der Waals surface area contributed by atoms with Crippen molar-refractivity contribution in [1.29, 1.82) is 0 Å². The van der Waals surface area contributed by atoms with Crippen molar-refractivity contribution in [2.75, 3.05) is 12.9 Å². The normalized spacial score (nSPS) is 14.2. The van der Waals surface area contributed by atoms with E-state index >= 15 is 0 Å². The fraction of sp³-hybridized carbons (Fsp3) is 0.692. The van der Waals surface area contributed by atoms with Crippen LogP contribution in [0.4, 0.5) is 0 Å². The maximum atomic E-state index is 12.0. The third kappa shape index (κ3) is 3.98. The highest BCUT2D eigenvalue weighted by Crippen LogP contribution is 2.14. The Kier molecular flexibility index (Phi) is 5.87. The predicted molar refractivity (Wildman–Crippen MR) is 78.4 cm³/mol. The second-order valence-electron chi connectivity index (χ2n) is 4.76. The largest absolute Gasteiger partial charge is 0.395 e. The first-order valence-electron chi connectivity index (χ1n) is 6.32. The summed E-state index contributed by atoms with van der Waals surface area (Å²) in [4.78, 5) is 12.0. The average molecular weight is 285 g/mol. The molecule has 1 aromatic heterocycles. The van der Waals surface area contributed by atoms with Gasteiger partial charge in [0, 0.05) is 29.6 Å². The lowest BCUT2D eigenvalue weighted by atomic mass is 10.1. The van der Waals surface area contributed by atoms with Crippen molar-refractivity contribution in [1.82, 2.24) is 15.1 Å². The molecule has 1 amide bonds. The minimum Gasteiger partial charge on any atom is -0.395 e. The molecule has 5 nitrogen and oxygen atoms in total. The van der Waals surface area contributed by atoms with E-state index in [0.717, 1.165) is 17.0 Å². The molecule has 19 heavy (non-hydrogen) atoms. The van der Waals surface area contributed by atoms with Crippen molar-refractivity contribution in [3.05, 3.63) is 17.0 Å². The van der Waals surface area contributed by atoms with Gasteiger partial charge in [-0.1, -0.05) is 0 Å². The number of aliphatic hydroxyl groups excluding tert-OH is 1. The summed E-state index contributed by atoms with van der Waals surface area (Å²) in [6, 6.07) is -0.0511. The van der Waals surface area contributed by atoms with Crippen LogP contribution < -0.4 is 5.32 Å². The Morgan fingerprint density at radius 1 is 1.53 bits per heavy atom. The fourth-order valence-electron chi connectivity index (χ4n) is 2.07. The van der Waals surface area contributed by atoms with E-state index in [9.17, 15) is 9.90 Å². The molecule has 0 aliphatic carbocycles. The standard InChI is InChI=1S/C13H23N3O2S/c1-8-11(10(3)16(4)15-8)6-13(18)14-9(2)12(7-17)19-5/h9,12,17H,6-7H2,1-5H3,(H,14,18). The third-order valence-corrected chi connectivity index (χ3v) is 4.59. The van der Waals surface area contributed by atoms with Crippen LogP contribution in [0, 0.1) is 13.8 Å². The molecule has 0 aromatic carbocycles. The van der Waals surface area contributed by atoms with Gasteiger partial charge in [-0.15, -0.1) is 0 Å². The monoisotopic (exact) mass is 285 g/mol. The molecule has 2 unspecified atom stereocenters. The molecule has 1 heterocycles. The molecule has 0 saturated heterocycles. The second kappa shape index (κ2) is 6.96. The van der Waals surface area contributed by atoms with Gasteiger partial charge in [0.15, 0.2) is 0 Å². The molecule has 6 heteroatoms. The lowest BCUT2D eigenvalue weighted by Crippen LogP contribution is -2.42. The molecule has 2 N–H and O–H groups in total. The van der Waals surface area contributed by atoms with Gasteiger partial charge in [-0.25, -0.2) is 0 Å². The van der Waals surface area contributed by atoms with Crippen LogP contribution in [0.5, 0.6) is 0 Å². The highest BCUT2D eigenvalue weighted by Gasteiger charge is 2.19. The lowest BCUT2D eigenvalue weighted by molar-refractivity contribution is -0.121. The topological polar surface area (TPSA) is 67.2 Å².